The number of anilines is 2. The Labute approximate surface area is 287 Å². The van der Waals surface area contributed by atoms with E-state index >= 15 is 0 Å². The standard InChI is InChI=1S/C35H48ClN7O3S/c1-2-24-15-23(17-29(36)33(24)37)16-26(34(45)42-13-11-40(12-14-42)31-20-39-7-3-25(31)4-8-39)18-32(44)41-9-5-28(6-10-41)43-19-27-21-47-22-30(27)38-35(43)46/h15,17,21-22,25-26,28,31H,2-14,16,18-20,37H2,1H3,(H,38,46)/t26-,31?/m0/s1. The van der Waals surface area contributed by atoms with Crippen LogP contribution in [0.25, 0.3) is 0 Å². The van der Waals surface area contributed by atoms with Gasteiger partial charge in [0.1, 0.15) is 0 Å². The van der Waals surface area contributed by atoms with Gasteiger partial charge in [0, 0.05) is 75.3 Å². The van der Waals surface area contributed by atoms with Crippen LogP contribution in [0, 0.1) is 11.8 Å². The Morgan fingerprint density at radius 3 is 2.43 bits per heavy atom. The Kier molecular flexibility index (Phi) is 9.69. The Morgan fingerprint density at radius 1 is 1.00 bits per heavy atom. The molecule has 0 aliphatic carbocycles. The quantitative estimate of drug-likeness (QED) is 0.401. The number of benzene rings is 1. The summed E-state index contributed by atoms with van der Waals surface area (Å²) in [7, 11) is 0. The molecular formula is C35H48ClN7O3S. The van der Waals surface area contributed by atoms with Crippen molar-refractivity contribution >= 4 is 52.2 Å². The molecule has 5 saturated heterocycles. The summed E-state index contributed by atoms with van der Waals surface area (Å²) >= 11 is 8.13. The minimum absolute atomic E-state index is 0.00758. The topological polar surface area (TPSA) is 105 Å². The molecule has 2 bridgehead atoms. The van der Waals surface area contributed by atoms with E-state index in [4.69, 9.17) is 17.3 Å². The molecule has 6 aliphatic rings. The maximum Gasteiger partial charge on any atom is 0.322 e. The molecule has 254 valence electrons. The number of nitrogens with two attached hydrogens (primary N) is 1. The van der Waals surface area contributed by atoms with Crippen molar-refractivity contribution in [3.63, 3.8) is 0 Å². The molecule has 10 nitrogen and oxygen atoms in total. The van der Waals surface area contributed by atoms with Crippen molar-refractivity contribution in [2.75, 3.05) is 70.0 Å². The van der Waals surface area contributed by atoms with E-state index in [9.17, 15) is 14.4 Å². The molecule has 6 aliphatic heterocycles. The summed E-state index contributed by atoms with van der Waals surface area (Å²) in [4.78, 5) is 51.9. The number of likely N-dealkylation sites (tertiary alicyclic amines) is 1. The second kappa shape index (κ2) is 13.9. The van der Waals surface area contributed by atoms with E-state index in [1.165, 1.54) is 25.9 Å². The first kappa shape index (κ1) is 32.7. The van der Waals surface area contributed by atoms with Gasteiger partial charge < -0.3 is 30.7 Å². The lowest BCUT2D eigenvalue weighted by atomic mass is 9.83. The average molecular weight is 682 g/mol. The Bertz CT molecular complexity index is 1480. The molecule has 5 fully saturated rings. The number of rotatable bonds is 8. The van der Waals surface area contributed by atoms with Crippen molar-refractivity contribution in [3.8, 4) is 0 Å². The van der Waals surface area contributed by atoms with Crippen molar-refractivity contribution < 1.29 is 14.4 Å². The number of nitrogens with one attached hydrogen (secondary N) is 1. The van der Waals surface area contributed by atoms with E-state index in [1.54, 1.807) is 11.3 Å². The van der Waals surface area contributed by atoms with Gasteiger partial charge in [-0.25, -0.2) is 4.79 Å². The smallest absolute Gasteiger partial charge is 0.322 e. The van der Waals surface area contributed by atoms with Gasteiger partial charge in [-0.05, 0) is 80.1 Å². The molecule has 12 heteroatoms. The Hall–Kier alpha value is -2.86. The van der Waals surface area contributed by atoms with Crippen molar-refractivity contribution in [2.45, 2.75) is 70.5 Å². The number of carbonyl (C=O) groups excluding carboxylic acids is 3. The third-order valence-electron chi connectivity index (χ3n) is 11.5. The van der Waals surface area contributed by atoms with Crippen LogP contribution < -0.4 is 11.1 Å². The number of hydrogen-bond acceptors (Lipinski definition) is 7. The van der Waals surface area contributed by atoms with Gasteiger partial charge in [-0.15, -0.1) is 11.3 Å². The zero-order valence-electron chi connectivity index (χ0n) is 27.5. The van der Waals surface area contributed by atoms with Gasteiger partial charge in [0.25, 0.3) is 0 Å². The van der Waals surface area contributed by atoms with Gasteiger partial charge in [-0.1, -0.05) is 24.6 Å². The fourth-order valence-electron chi connectivity index (χ4n) is 8.62. The van der Waals surface area contributed by atoms with E-state index < -0.39 is 5.92 Å². The SMILES string of the molecule is CCc1cc(C[C@@H](CC(=O)N2CCC(N3Cc4cscc4NC3=O)CC2)C(=O)N2CCN(C3CN4CCC3CC4)CC2)cc(Cl)c1N. The van der Waals surface area contributed by atoms with Crippen LogP contribution in [0.4, 0.5) is 16.2 Å². The van der Waals surface area contributed by atoms with Crippen LogP contribution in [0.3, 0.4) is 0 Å². The van der Waals surface area contributed by atoms with E-state index in [1.807, 2.05) is 39.1 Å². The number of fused-ring (bicyclic) bond motifs is 4. The molecule has 3 N–H and O–H groups in total. The monoisotopic (exact) mass is 681 g/mol. The zero-order valence-corrected chi connectivity index (χ0v) is 29.0. The molecule has 47 heavy (non-hydrogen) atoms. The summed E-state index contributed by atoms with van der Waals surface area (Å²) in [5.74, 6) is 0.368. The minimum atomic E-state index is -0.474. The van der Waals surface area contributed by atoms with Gasteiger partial charge >= 0.3 is 6.03 Å². The minimum Gasteiger partial charge on any atom is -0.397 e. The number of nitrogens with zero attached hydrogens (tertiary/aromatic N) is 5. The van der Waals surface area contributed by atoms with Crippen LogP contribution in [0.2, 0.25) is 5.02 Å². The maximum atomic E-state index is 14.2. The highest BCUT2D eigenvalue weighted by Gasteiger charge is 2.40. The molecule has 2 atom stereocenters. The molecule has 0 saturated carbocycles. The number of aryl methyl sites for hydroxylation is 1. The van der Waals surface area contributed by atoms with Crippen LogP contribution in [0.5, 0.6) is 0 Å². The van der Waals surface area contributed by atoms with Gasteiger partial charge in [0.05, 0.1) is 28.9 Å². The number of halogens is 1. The second-order valence-corrected chi connectivity index (χ2v) is 15.3. The first-order valence-electron chi connectivity index (χ1n) is 17.5. The summed E-state index contributed by atoms with van der Waals surface area (Å²) in [6.45, 7) is 10.6. The molecule has 2 aromatic rings. The number of thiophene rings is 1. The summed E-state index contributed by atoms with van der Waals surface area (Å²) < 4.78 is 0. The van der Waals surface area contributed by atoms with Crippen molar-refractivity contribution in [2.24, 2.45) is 11.8 Å². The lowest BCUT2D eigenvalue weighted by Gasteiger charge is -2.51. The number of nitrogen functional groups attached to an aromatic ring is 1. The molecule has 1 unspecified atom stereocenters. The van der Waals surface area contributed by atoms with E-state index in [0.29, 0.717) is 55.9 Å². The van der Waals surface area contributed by atoms with Gasteiger partial charge in [-0.3, -0.25) is 14.5 Å². The summed E-state index contributed by atoms with van der Waals surface area (Å²) in [6, 6.07) is 4.53. The highest BCUT2D eigenvalue weighted by Crippen LogP contribution is 2.33. The lowest BCUT2D eigenvalue weighted by molar-refractivity contribution is -0.143. The van der Waals surface area contributed by atoms with Crippen molar-refractivity contribution in [3.05, 3.63) is 44.6 Å². The highest BCUT2D eigenvalue weighted by atomic mass is 35.5. The number of carbonyl (C=O) groups is 3. The number of piperidine rings is 4. The number of amides is 4. The van der Waals surface area contributed by atoms with Crippen molar-refractivity contribution in [1.29, 1.82) is 0 Å². The van der Waals surface area contributed by atoms with Crippen LogP contribution >= 0.6 is 22.9 Å². The van der Waals surface area contributed by atoms with Crippen molar-refractivity contribution in [1.82, 2.24) is 24.5 Å². The number of urea groups is 1. The third kappa shape index (κ3) is 6.86. The van der Waals surface area contributed by atoms with Crippen LogP contribution in [0.15, 0.2) is 22.9 Å². The number of piperazine rings is 1. The van der Waals surface area contributed by atoms with Crippen LogP contribution in [-0.2, 0) is 29.0 Å². The lowest BCUT2D eigenvalue weighted by Crippen LogP contribution is -2.61. The normalized spacial score (nSPS) is 25.9. The highest BCUT2D eigenvalue weighted by molar-refractivity contribution is 7.08. The first-order chi connectivity index (χ1) is 22.8. The third-order valence-corrected chi connectivity index (χ3v) is 12.6. The molecule has 0 radical (unpaired) electrons. The van der Waals surface area contributed by atoms with Crippen LogP contribution in [-0.4, -0.2) is 113 Å². The van der Waals surface area contributed by atoms with Gasteiger partial charge in [0.15, 0.2) is 0 Å². The molecule has 8 rings (SSSR count). The predicted octanol–water partition coefficient (Wildman–Crippen LogP) is 4.37. The molecule has 1 aromatic carbocycles. The number of hydrogen-bond donors (Lipinski definition) is 2. The zero-order chi connectivity index (χ0) is 32.7. The van der Waals surface area contributed by atoms with E-state index in [0.717, 1.165) is 67.2 Å². The summed E-state index contributed by atoms with van der Waals surface area (Å²) in [5.41, 5.74) is 10.8. The van der Waals surface area contributed by atoms with Crippen LogP contribution in [0.1, 0.15) is 55.7 Å². The first-order valence-corrected chi connectivity index (χ1v) is 18.8. The van der Waals surface area contributed by atoms with Gasteiger partial charge in [-0.2, -0.15) is 0 Å². The fourth-order valence-corrected chi connectivity index (χ4v) is 9.66. The maximum absolute atomic E-state index is 14.2. The molecule has 7 heterocycles. The Balaban J connectivity index is 1.00. The van der Waals surface area contributed by atoms with E-state index in [2.05, 4.69) is 20.5 Å². The molecular weight excluding hydrogens is 634 g/mol. The predicted molar refractivity (Wildman–Crippen MR) is 187 cm³/mol. The molecule has 1 aromatic heterocycles. The Morgan fingerprint density at radius 2 is 1.74 bits per heavy atom. The molecule has 4 amide bonds. The summed E-state index contributed by atoms with van der Waals surface area (Å²) in [5, 5.41) is 7.58. The second-order valence-electron chi connectivity index (χ2n) is 14.2. The van der Waals surface area contributed by atoms with E-state index in [-0.39, 0.29) is 30.3 Å². The average Bonchev–Trinajstić information content (AvgIpc) is 3.56. The summed E-state index contributed by atoms with van der Waals surface area (Å²) in [6.07, 6.45) is 5.39. The molecule has 0 spiro atoms. The van der Waals surface area contributed by atoms with Gasteiger partial charge in [0.2, 0.25) is 11.8 Å². The fraction of sp³-hybridized carbons (Fsp3) is 0.629. The largest absolute Gasteiger partial charge is 0.397 e.